The third-order valence-electron chi connectivity index (χ3n) is 4.91. The third kappa shape index (κ3) is 6.94. The van der Waals surface area contributed by atoms with Crippen LogP contribution in [0.3, 0.4) is 0 Å². The number of ether oxygens (including phenoxy) is 1. The summed E-state index contributed by atoms with van der Waals surface area (Å²) in [5.41, 5.74) is 7.15. The first-order chi connectivity index (χ1) is 12.2. The molecule has 0 heterocycles. The minimum Gasteiger partial charge on any atom is -0.492 e. The second kappa shape index (κ2) is 11.0. The van der Waals surface area contributed by atoms with E-state index in [-0.39, 0.29) is 0 Å². The van der Waals surface area contributed by atoms with Crippen LogP contribution in [0.25, 0.3) is 0 Å². The first kappa shape index (κ1) is 19.6. The number of rotatable bonds is 9. The molecule has 1 fully saturated rings. The highest BCUT2D eigenvalue weighted by Gasteiger charge is 2.13. The molecule has 140 valence electrons. The summed E-state index contributed by atoms with van der Waals surface area (Å²) >= 11 is 0. The number of guanidine groups is 1. The standard InChI is InChI=1S/C20H34N4O/c1-3-24(4-2)14-15-25-19-13-9-8-10-17(19)16-22-20(21)23-18-11-6-5-7-12-18/h8-10,13,18H,3-7,11-12,14-16H2,1-2H3,(H3,21,22,23). The summed E-state index contributed by atoms with van der Waals surface area (Å²) in [4.78, 5) is 6.87. The molecule has 1 aliphatic carbocycles. The normalized spacial score (nSPS) is 16.2. The molecule has 0 bridgehead atoms. The molecule has 1 aromatic carbocycles. The van der Waals surface area contributed by atoms with E-state index >= 15 is 0 Å². The van der Waals surface area contributed by atoms with E-state index in [0.717, 1.165) is 30.9 Å². The van der Waals surface area contributed by atoms with Gasteiger partial charge in [-0.3, -0.25) is 0 Å². The van der Waals surface area contributed by atoms with Gasteiger partial charge in [0.25, 0.3) is 0 Å². The zero-order chi connectivity index (χ0) is 17.9. The largest absolute Gasteiger partial charge is 0.492 e. The van der Waals surface area contributed by atoms with Gasteiger partial charge < -0.3 is 20.7 Å². The fourth-order valence-corrected chi connectivity index (χ4v) is 3.27. The molecule has 0 amide bonds. The van der Waals surface area contributed by atoms with Crippen LogP contribution >= 0.6 is 0 Å². The van der Waals surface area contributed by atoms with Crippen LogP contribution in [0, 0.1) is 0 Å². The van der Waals surface area contributed by atoms with Gasteiger partial charge in [-0.25, -0.2) is 4.99 Å². The van der Waals surface area contributed by atoms with Crippen molar-refractivity contribution in [3.05, 3.63) is 29.8 Å². The predicted molar refractivity (Wildman–Crippen MR) is 105 cm³/mol. The van der Waals surface area contributed by atoms with E-state index in [2.05, 4.69) is 35.1 Å². The molecule has 2 rings (SSSR count). The monoisotopic (exact) mass is 346 g/mol. The number of nitrogens with one attached hydrogen (secondary N) is 1. The zero-order valence-electron chi connectivity index (χ0n) is 15.8. The molecule has 0 unspecified atom stereocenters. The second-order valence-electron chi connectivity index (χ2n) is 6.66. The maximum Gasteiger partial charge on any atom is 0.189 e. The minimum atomic E-state index is 0.484. The van der Waals surface area contributed by atoms with Crippen molar-refractivity contribution >= 4 is 5.96 Å². The summed E-state index contributed by atoms with van der Waals surface area (Å²) in [6.45, 7) is 8.63. The third-order valence-corrected chi connectivity index (χ3v) is 4.91. The Hall–Kier alpha value is -1.75. The van der Waals surface area contributed by atoms with Crippen molar-refractivity contribution in [2.45, 2.75) is 58.5 Å². The number of hydrogen-bond acceptors (Lipinski definition) is 3. The molecular weight excluding hydrogens is 312 g/mol. The first-order valence-corrected chi connectivity index (χ1v) is 9.72. The molecule has 5 heteroatoms. The Labute approximate surface area is 152 Å². The molecular formula is C20H34N4O. The van der Waals surface area contributed by atoms with Gasteiger partial charge in [-0.1, -0.05) is 51.3 Å². The van der Waals surface area contributed by atoms with Crippen molar-refractivity contribution < 1.29 is 4.74 Å². The second-order valence-corrected chi connectivity index (χ2v) is 6.66. The van der Waals surface area contributed by atoms with Crippen LogP contribution < -0.4 is 15.8 Å². The van der Waals surface area contributed by atoms with E-state index < -0.39 is 0 Å². The van der Waals surface area contributed by atoms with Gasteiger partial charge >= 0.3 is 0 Å². The zero-order valence-corrected chi connectivity index (χ0v) is 15.8. The lowest BCUT2D eigenvalue weighted by atomic mass is 9.96. The Bertz CT molecular complexity index is 522. The predicted octanol–water partition coefficient (Wildman–Crippen LogP) is 3.14. The molecule has 0 aromatic heterocycles. The lowest BCUT2D eigenvalue weighted by molar-refractivity contribution is 0.221. The Balaban J connectivity index is 1.85. The van der Waals surface area contributed by atoms with Gasteiger partial charge in [-0.15, -0.1) is 0 Å². The lowest BCUT2D eigenvalue weighted by Gasteiger charge is -2.23. The summed E-state index contributed by atoms with van der Waals surface area (Å²) in [5, 5.41) is 3.36. The number of hydrogen-bond donors (Lipinski definition) is 2. The fourth-order valence-electron chi connectivity index (χ4n) is 3.27. The summed E-state index contributed by atoms with van der Waals surface area (Å²) < 4.78 is 5.98. The van der Waals surface area contributed by atoms with Gasteiger partial charge in [0, 0.05) is 18.2 Å². The van der Waals surface area contributed by atoms with Gasteiger partial charge in [-0.05, 0) is 32.0 Å². The topological polar surface area (TPSA) is 62.9 Å². The molecule has 1 saturated carbocycles. The van der Waals surface area contributed by atoms with Crippen molar-refractivity contribution in [3.63, 3.8) is 0 Å². The highest BCUT2D eigenvalue weighted by molar-refractivity contribution is 5.78. The van der Waals surface area contributed by atoms with Crippen LogP contribution in [-0.2, 0) is 6.54 Å². The van der Waals surface area contributed by atoms with E-state index in [9.17, 15) is 0 Å². The lowest BCUT2D eigenvalue weighted by Crippen LogP contribution is -2.41. The highest BCUT2D eigenvalue weighted by atomic mass is 16.5. The Kier molecular flexibility index (Phi) is 8.60. The van der Waals surface area contributed by atoms with Crippen molar-refractivity contribution in [1.82, 2.24) is 10.2 Å². The van der Waals surface area contributed by atoms with Crippen molar-refractivity contribution in [2.24, 2.45) is 10.7 Å². The van der Waals surface area contributed by atoms with Crippen LogP contribution in [0.2, 0.25) is 0 Å². The van der Waals surface area contributed by atoms with Gasteiger partial charge in [0.05, 0.1) is 6.54 Å². The summed E-state index contributed by atoms with van der Waals surface area (Å²) in [6.07, 6.45) is 6.30. The molecule has 25 heavy (non-hydrogen) atoms. The first-order valence-electron chi connectivity index (χ1n) is 9.72. The molecule has 0 aliphatic heterocycles. The van der Waals surface area contributed by atoms with Gasteiger partial charge in [0.15, 0.2) is 5.96 Å². The molecule has 3 N–H and O–H groups in total. The van der Waals surface area contributed by atoms with Crippen LogP contribution in [-0.4, -0.2) is 43.1 Å². The Morgan fingerprint density at radius 2 is 1.92 bits per heavy atom. The van der Waals surface area contributed by atoms with Gasteiger partial charge in [-0.2, -0.15) is 0 Å². The maximum absolute atomic E-state index is 6.07. The number of para-hydroxylation sites is 1. The molecule has 5 nitrogen and oxygen atoms in total. The molecule has 1 aromatic rings. The van der Waals surface area contributed by atoms with Crippen molar-refractivity contribution in [3.8, 4) is 5.75 Å². The minimum absolute atomic E-state index is 0.484. The molecule has 0 spiro atoms. The van der Waals surface area contributed by atoms with Gasteiger partial charge in [0.2, 0.25) is 0 Å². The number of benzene rings is 1. The summed E-state index contributed by atoms with van der Waals surface area (Å²) in [5.74, 6) is 1.45. The fraction of sp³-hybridized carbons (Fsp3) is 0.650. The number of likely N-dealkylation sites (N-methyl/N-ethyl adjacent to an activating group) is 1. The van der Waals surface area contributed by atoms with E-state index in [4.69, 9.17) is 10.5 Å². The Morgan fingerprint density at radius 3 is 2.64 bits per heavy atom. The summed E-state index contributed by atoms with van der Waals surface area (Å²) in [6, 6.07) is 8.58. The number of nitrogens with two attached hydrogens (primary N) is 1. The molecule has 0 atom stereocenters. The van der Waals surface area contributed by atoms with Crippen molar-refractivity contribution in [2.75, 3.05) is 26.2 Å². The average Bonchev–Trinajstić information content (AvgIpc) is 2.65. The Morgan fingerprint density at radius 1 is 1.20 bits per heavy atom. The highest BCUT2D eigenvalue weighted by Crippen LogP contribution is 2.19. The van der Waals surface area contributed by atoms with E-state index in [1.165, 1.54) is 32.1 Å². The summed E-state index contributed by atoms with van der Waals surface area (Å²) in [7, 11) is 0. The SMILES string of the molecule is CCN(CC)CCOc1ccccc1CN=C(N)NC1CCCCC1. The quantitative estimate of drug-likeness (QED) is 0.533. The maximum atomic E-state index is 6.07. The van der Waals surface area contributed by atoms with E-state index in [0.29, 0.717) is 25.2 Å². The van der Waals surface area contributed by atoms with Crippen LogP contribution in [0.5, 0.6) is 5.75 Å². The van der Waals surface area contributed by atoms with E-state index in [1.54, 1.807) is 0 Å². The van der Waals surface area contributed by atoms with Crippen molar-refractivity contribution in [1.29, 1.82) is 0 Å². The van der Waals surface area contributed by atoms with Crippen LogP contribution in [0.1, 0.15) is 51.5 Å². The number of aliphatic imine (C=N–C) groups is 1. The van der Waals surface area contributed by atoms with E-state index in [1.807, 2.05) is 18.2 Å². The van der Waals surface area contributed by atoms with Crippen LogP contribution in [0.15, 0.2) is 29.3 Å². The number of nitrogens with zero attached hydrogens (tertiary/aromatic N) is 2. The average molecular weight is 347 g/mol. The smallest absolute Gasteiger partial charge is 0.189 e. The molecule has 1 aliphatic rings. The van der Waals surface area contributed by atoms with Gasteiger partial charge in [0.1, 0.15) is 12.4 Å². The van der Waals surface area contributed by atoms with Crippen LogP contribution in [0.4, 0.5) is 0 Å². The molecule has 0 saturated heterocycles. The molecule has 0 radical (unpaired) electrons.